The standard InChI is InChI=1S/C12H16F2N2O2/c1-7(2)16-10(11(15)17)8-5-3-4-6-9(8)18-12(13)14/h3-7,10,12,16H,1-2H3,(H2,15,17). The van der Waals surface area contributed by atoms with Gasteiger partial charge in [-0.3, -0.25) is 10.1 Å². The van der Waals surface area contributed by atoms with Gasteiger partial charge in [0.05, 0.1) is 0 Å². The van der Waals surface area contributed by atoms with E-state index in [-0.39, 0.29) is 11.8 Å². The Balaban J connectivity index is 3.07. The fraction of sp³-hybridized carbons (Fsp3) is 0.417. The van der Waals surface area contributed by atoms with Crippen LogP contribution in [0.5, 0.6) is 5.75 Å². The second-order valence-electron chi connectivity index (χ2n) is 4.07. The molecule has 1 atom stereocenters. The lowest BCUT2D eigenvalue weighted by Gasteiger charge is -2.21. The summed E-state index contributed by atoms with van der Waals surface area (Å²) in [5.41, 5.74) is 5.58. The average Bonchev–Trinajstić information content (AvgIpc) is 2.25. The van der Waals surface area contributed by atoms with E-state index in [2.05, 4.69) is 10.1 Å². The van der Waals surface area contributed by atoms with Crippen molar-refractivity contribution in [2.24, 2.45) is 5.73 Å². The number of benzene rings is 1. The molecule has 0 aliphatic carbocycles. The number of primary amides is 1. The summed E-state index contributed by atoms with van der Waals surface area (Å²) < 4.78 is 28.9. The first-order valence-electron chi connectivity index (χ1n) is 5.51. The number of nitrogens with one attached hydrogen (secondary N) is 1. The first kappa shape index (κ1) is 14.4. The maximum Gasteiger partial charge on any atom is 0.387 e. The number of hydrogen-bond acceptors (Lipinski definition) is 3. The molecule has 1 aromatic rings. The number of carbonyl (C=O) groups is 1. The summed E-state index contributed by atoms with van der Waals surface area (Å²) in [6.07, 6.45) is 0. The molecule has 6 heteroatoms. The van der Waals surface area contributed by atoms with Crippen LogP contribution in [0.2, 0.25) is 0 Å². The van der Waals surface area contributed by atoms with Crippen LogP contribution in [0.4, 0.5) is 8.78 Å². The van der Waals surface area contributed by atoms with E-state index in [4.69, 9.17) is 5.73 Å². The maximum atomic E-state index is 12.3. The molecule has 1 aromatic carbocycles. The van der Waals surface area contributed by atoms with Gasteiger partial charge in [0.25, 0.3) is 0 Å². The molecule has 0 aromatic heterocycles. The molecule has 0 saturated carbocycles. The van der Waals surface area contributed by atoms with Crippen molar-refractivity contribution in [2.75, 3.05) is 0 Å². The van der Waals surface area contributed by atoms with Gasteiger partial charge in [0.2, 0.25) is 5.91 Å². The zero-order chi connectivity index (χ0) is 13.7. The summed E-state index contributed by atoms with van der Waals surface area (Å²) in [5, 5.41) is 2.91. The fourth-order valence-electron chi connectivity index (χ4n) is 1.58. The largest absolute Gasteiger partial charge is 0.434 e. The number of para-hydroxylation sites is 1. The second-order valence-corrected chi connectivity index (χ2v) is 4.07. The molecule has 0 spiro atoms. The van der Waals surface area contributed by atoms with Gasteiger partial charge in [-0.1, -0.05) is 18.2 Å². The zero-order valence-electron chi connectivity index (χ0n) is 10.2. The molecule has 1 amide bonds. The number of carbonyl (C=O) groups excluding carboxylic acids is 1. The number of hydrogen-bond donors (Lipinski definition) is 2. The van der Waals surface area contributed by atoms with Gasteiger partial charge in [0, 0.05) is 11.6 Å². The highest BCUT2D eigenvalue weighted by molar-refractivity contribution is 5.82. The van der Waals surface area contributed by atoms with Crippen molar-refractivity contribution in [3.05, 3.63) is 29.8 Å². The van der Waals surface area contributed by atoms with E-state index in [9.17, 15) is 13.6 Å². The zero-order valence-corrected chi connectivity index (χ0v) is 10.2. The van der Waals surface area contributed by atoms with Crippen molar-refractivity contribution in [2.45, 2.75) is 32.5 Å². The molecule has 0 saturated heterocycles. The third kappa shape index (κ3) is 3.96. The molecule has 100 valence electrons. The summed E-state index contributed by atoms with van der Waals surface area (Å²) in [5.74, 6) is -0.696. The van der Waals surface area contributed by atoms with E-state index in [1.54, 1.807) is 12.1 Å². The summed E-state index contributed by atoms with van der Waals surface area (Å²) in [6, 6.07) is 5.20. The number of halogens is 2. The van der Waals surface area contributed by atoms with E-state index in [1.165, 1.54) is 12.1 Å². The second kappa shape index (κ2) is 6.30. The normalized spacial score (nSPS) is 12.8. The van der Waals surface area contributed by atoms with Gasteiger partial charge in [0.1, 0.15) is 11.8 Å². The summed E-state index contributed by atoms with van der Waals surface area (Å²) in [4.78, 5) is 11.4. The molecule has 0 radical (unpaired) electrons. The Morgan fingerprint density at radius 3 is 2.44 bits per heavy atom. The van der Waals surface area contributed by atoms with E-state index in [0.29, 0.717) is 5.56 Å². The molecule has 0 aliphatic heterocycles. The third-order valence-electron chi connectivity index (χ3n) is 2.23. The average molecular weight is 258 g/mol. The van der Waals surface area contributed by atoms with Crippen molar-refractivity contribution in [3.8, 4) is 5.75 Å². The van der Waals surface area contributed by atoms with Crippen molar-refractivity contribution in [1.82, 2.24) is 5.32 Å². The van der Waals surface area contributed by atoms with E-state index in [0.717, 1.165) is 0 Å². The topological polar surface area (TPSA) is 64.3 Å². The van der Waals surface area contributed by atoms with Crippen molar-refractivity contribution >= 4 is 5.91 Å². The summed E-state index contributed by atoms with van der Waals surface area (Å²) in [7, 11) is 0. The van der Waals surface area contributed by atoms with E-state index in [1.807, 2.05) is 13.8 Å². The van der Waals surface area contributed by atoms with Gasteiger partial charge in [-0.2, -0.15) is 8.78 Å². The predicted octanol–water partition coefficient (Wildman–Crippen LogP) is 1.81. The SMILES string of the molecule is CC(C)NC(C(N)=O)c1ccccc1OC(F)F. The molecule has 1 unspecified atom stereocenters. The monoisotopic (exact) mass is 258 g/mol. The lowest BCUT2D eigenvalue weighted by atomic mass is 10.0. The maximum absolute atomic E-state index is 12.3. The minimum absolute atomic E-state index is 0.0258. The van der Waals surface area contributed by atoms with Gasteiger partial charge in [-0.05, 0) is 19.9 Å². The lowest BCUT2D eigenvalue weighted by molar-refractivity contribution is -0.120. The van der Waals surface area contributed by atoms with Gasteiger partial charge < -0.3 is 10.5 Å². The molecule has 3 N–H and O–H groups in total. The Kier molecular flexibility index (Phi) is 5.03. The van der Waals surface area contributed by atoms with Crippen LogP contribution in [0, 0.1) is 0 Å². The molecule has 0 heterocycles. The van der Waals surface area contributed by atoms with E-state index < -0.39 is 18.6 Å². The summed E-state index contributed by atoms with van der Waals surface area (Å²) >= 11 is 0. The van der Waals surface area contributed by atoms with Crippen LogP contribution >= 0.6 is 0 Å². The van der Waals surface area contributed by atoms with E-state index >= 15 is 0 Å². The minimum atomic E-state index is -2.95. The van der Waals surface area contributed by atoms with Crippen LogP contribution < -0.4 is 15.8 Å². The third-order valence-corrected chi connectivity index (χ3v) is 2.23. The molecular formula is C12H16F2N2O2. The first-order chi connectivity index (χ1) is 8.41. The number of nitrogens with two attached hydrogens (primary N) is 1. The Morgan fingerprint density at radius 1 is 1.33 bits per heavy atom. The Morgan fingerprint density at radius 2 is 1.94 bits per heavy atom. The van der Waals surface area contributed by atoms with Gasteiger partial charge >= 0.3 is 6.61 Å². The van der Waals surface area contributed by atoms with Crippen LogP contribution in [-0.2, 0) is 4.79 Å². The molecule has 0 fully saturated rings. The lowest BCUT2D eigenvalue weighted by Crippen LogP contribution is -2.37. The first-order valence-corrected chi connectivity index (χ1v) is 5.51. The molecular weight excluding hydrogens is 242 g/mol. The molecule has 0 bridgehead atoms. The van der Waals surface area contributed by atoms with Crippen LogP contribution in [-0.4, -0.2) is 18.6 Å². The Labute approximate surface area is 104 Å². The van der Waals surface area contributed by atoms with Crippen LogP contribution in [0.1, 0.15) is 25.5 Å². The smallest absolute Gasteiger partial charge is 0.387 e. The van der Waals surface area contributed by atoms with Gasteiger partial charge in [0.15, 0.2) is 0 Å². The molecule has 1 rings (SSSR count). The van der Waals surface area contributed by atoms with Crippen molar-refractivity contribution in [3.63, 3.8) is 0 Å². The minimum Gasteiger partial charge on any atom is -0.434 e. The van der Waals surface area contributed by atoms with Gasteiger partial charge in [-0.15, -0.1) is 0 Å². The number of alkyl halides is 2. The van der Waals surface area contributed by atoms with Crippen molar-refractivity contribution < 1.29 is 18.3 Å². The van der Waals surface area contributed by atoms with Crippen LogP contribution in [0.3, 0.4) is 0 Å². The van der Waals surface area contributed by atoms with Crippen LogP contribution in [0.15, 0.2) is 24.3 Å². The number of amides is 1. The Hall–Kier alpha value is -1.69. The van der Waals surface area contributed by atoms with Crippen LogP contribution in [0.25, 0.3) is 0 Å². The molecule has 4 nitrogen and oxygen atoms in total. The highest BCUT2D eigenvalue weighted by Crippen LogP contribution is 2.26. The molecule has 18 heavy (non-hydrogen) atoms. The highest BCUT2D eigenvalue weighted by atomic mass is 19.3. The highest BCUT2D eigenvalue weighted by Gasteiger charge is 2.23. The van der Waals surface area contributed by atoms with Crippen molar-refractivity contribution in [1.29, 1.82) is 0 Å². The quantitative estimate of drug-likeness (QED) is 0.818. The summed E-state index contributed by atoms with van der Waals surface area (Å²) in [6.45, 7) is 0.706. The predicted molar refractivity (Wildman–Crippen MR) is 63.3 cm³/mol. The molecule has 0 aliphatic rings. The van der Waals surface area contributed by atoms with Gasteiger partial charge in [-0.25, -0.2) is 0 Å². The Bertz CT molecular complexity index is 411. The number of rotatable bonds is 6. The number of ether oxygens (including phenoxy) is 1. The fourth-order valence-corrected chi connectivity index (χ4v) is 1.58.